The van der Waals surface area contributed by atoms with Crippen molar-refractivity contribution >= 4 is 5.91 Å². The number of alkyl halides is 1. The van der Waals surface area contributed by atoms with E-state index in [0.29, 0.717) is 11.4 Å². The molecule has 1 amide bonds. The van der Waals surface area contributed by atoms with Gasteiger partial charge in [0.2, 0.25) is 0 Å². The first-order valence-electron chi connectivity index (χ1n) is 13.0. The Hall–Kier alpha value is -4.05. The van der Waals surface area contributed by atoms with Crippen LogP contribution in [-0.2, 0) is 6.54 Å². The van der Waals surface area contributed by atoms with Crippen molar-refractivity contribution in [2.24, 2.45) is 11.1 Å². The van der Waals surface area contributed by atoms with Crippen LogP contribution in [0.1, 0.15) is 55.0 Å². The smallest absolute Gasteiger partial charge is 0.254 e. The van der Waals surface area contributed by atoms with Gasteiger partial charge < -0.3 is 10.6 Å². The first-order chi connectivity index (χ1) is 19.1. The van der Waals surface area contributed by atoms with E-state index in [-0.39, 0.29) is 36.8 Å². The molecule has 0 aliphatic heterocycles. The highest BCUT2D eigenvalue weighted by Gasteiger charge is 2.39. The molecule has 0 saturated carbocycles. The molecule has 210 valence electrons. The van der Waals surface area contributed by atoms with Gasteiger partial charge in [-0.1, -0.05) is 51.1 Å². The largest absolute Gasteiger partial charge is 0.328 e. The van der Waals surface area contributed by atoms with Crippen LogP contribution in [0.25, 0.3) is 11.4 Å². The number of nitrogens with zero attached hydrogens (tertiary/aromatic N) is 5. The molecular formula is C30H33F3N6O. The Balaban J connectivity index is 1.90. The summed E-state index contributed by atoms with van der Waals surface area (Å²) in [4.78, 5) is 24.3. The summed E-state index contributed by atoms with van der Waals surface area (Å²) < 4.78 is 44.0. The van der Waals surface area contributed by atoms with Gasteiger partial charge in [0.15, 0.2) is 11.6 Å². The van der Waals surface area contributed by atoms with E-state index >= 15 is 0 Å². The zero-order valence-corrected chi connectivity index (χ0v) is 22.8. The number of hydrogen-bond acceptors (Lipinski definition) is 5. The number of pyridine rings is 1. The minimum atomic E-state index is -0.757. The van der Waals surface area contributed by atoms with Crippen LogP contribution in [0.5, 0.6) is 0 Å². The number of benzene rings is 2. The quantitative estimate of drug-likeness (QED) is 0.278. The fourth-order valence-corrected chi connectivity index (χ4v) is 4.60. The van der Waals surface area contributed by atoms with Crippen LogP contribution in [0.3, 0.4) is 0 Å². The van der Waals surface area contributed by atoms with Crippen molar-refractivity contribution in [2.75, 3.05) is 13.2 Å². The molecule has 2 aromatic heterocycles. The molecule has 10 heteroatoms. The molecule has 0 bridgehead atoms. The summed E-state index contributed by atoms with van der Waals surface area (Å²) in [7, 11) is 0. The number of rotatable bonds is 10. The lowest BCUT2D eigenvalue weighted by Gasteiger charge is -2.40. The summed E-state index contributed by atoms with van der Waals surface area (Å²) in [6.45, 7) is 5.52. The Bertz CT molecular complexity index is 1420. The molecular weight excluding hydrogens is 517 g/mol. The van der Waals surface area contributed by atoms with E-state index in [1.165, 1.54) is 12.4 Å². The molecule has 1 unspecified atom stereocenters. The third-order valence-electron chi connectivity index (χ3n) is 6.55. The Kier molecular flexibility index (Phi) is 8.99. The van der Waals surface area contributed by atoms with Gasteiger partial charge in [0, 0.05) is 30.5 Å². The first-order valence-corrected chi connectivity index (χ1v) is 13.0. The van der Waals surface area contributed by atoms with Crippen molar-refractivity contribution < 1.29 is 18.0 Å². The lowest BCUT2D eigenvalue weighted by molar-refractivity contribution is 0.0469. The summed E-state index contributed by atoms with van der Waals surface area (Å²) in [5.74, 6) is -1.24. The minimum Gasteiger partial charge on any atom is -0.328 e. The van der Waals surface area contributed by atoms with Crippen LogP contribution in [0, 0.1) is 17.0 Å². The predicted octanol–water partition coefficient (Wildman–Crippen LogP) is 5.58. The van der Waals surface area contributed by atoms with E-state index in [0.717, 1.165) is 23.8 Å². The average molecular weight is 551 g/mol. The molecule has 7 nitrogen and oxygen atoms in total. The Morgan fingerprint density at radius 1 is 1.05 bits per heavy atom. The topological polar surface area (TPSA) is 89.9 Å². The lowest BCUT2D eigenvalue weighted by Crippen LogP contribution is -2.44. The van der Waals surface area contributed by atoms with Crippen molar-refractivity contribution in [3.63, 3.8) is 0 Å². The van der Waals surface area contributed by atoms with E-state index in [9.17, 15) is 18.0 Å². The van der Waals surface area contributed by atoms with Gasteiger partial charge >= 0.3 is 0 Å². The third-order valence-corrected chi connectivity index (χ3v) is 6.55. The van der Waals surface area contributed by atoms with Crippen LogP contribution < -0.4 is 5.73 Å². The van der Waals surface area contributed by atoms with Gasteiger partial charge in [0.25, 0.3) is 5.91 Å². The highest BCUT2D eigenvalue weighted by Crippen LogP contribution is 2.39. The zero-order chi connectivity index (χ0) is 28.9. The number of nitrogens with two attached hydrogens (primary N) is 1. The summed E-state index contributed by atoms with van der Waals surface area (Å²) >= 11 is 0. The van der Waals surface area contributed by atoms with Crippen LogP contribution in [0.2, 0.25) is 0 Å². The molecule has 0 aliphatic carbocycles. The van der Waals surface area contributed by atoms with Gasteiger partial charge in [-0.3, -0.25) is 9.78 Å². The average Bonchev–Trinajstić information content (AvgIpc) is 3.34. The van der Waals surface area contributed by atoms with Crippen LogP contribution in [0.15, 0.2) is 73.1 Å². The highest BCUT2D eigenvalue weighted by molar-refractivity contribution is 5.94. The van der Waals surface area contributed by atoms with Gasteiger partial charge in [-0.2, -0.15) is 5.10 Å². The van der Waals surface area contributed by atoms with Crippen molar-refractivity contribution in [1.82, 2.24) is 24.6 Å². The molecule has 4 aromatic rings. The number of hydrogen-bond donors (Lipinski definition) is 1. The standard InChI is InChI=1S/C30H33F3N6O/c1-30(2,3)26(38(16-13-23(34)18-31)29(40)21-11-14-35-15-12-21)28-36-27(24-17-22(32)9-10-25(24)33)37-39(28)19-20-7-5-4-6-8-20/h4-12,14-15,17,23,26H,13,16,18-19,34H2,1-3H3/t23?,26-/m0/s1. The zero-order valence-electron chi connectivity index (χ0n) is 22.8. The molecule has 2 aromatic carbocycles. The Morgan fingerprint density at radius 3 is 2.40 bits per heavy atom. The normalized spacial score (nSPS) is 13.2. The lowest BCUT2D eigenvalue weighted by atomic mass is 9.84. The molecule has 0 aliphatic rings. The molecule has 0 spiro atoms. The molecule has 4 rings (SSSR count). The van der Waals surface area contributed by atoms with E-state index in [1.807, 2.05) is 51.1 Å². The second-order valence-corrected chi connectivity index (χ2v) is 10.8. The summed E-state index contributed by atoms with van der Waals surface area (Å²) in [5, 5.41) is 4.60. The highest BCUT2D eigenvalue weighted by atomic mass is 19.1. The van der Waals surface area contributed by atoms with Gasteiger partial charge in [-0.05, 0) is 47.7 Å². The van der Waals surface area contributed by atoms with Gasteiger partial charge in [-0.25, -0.2) is 22.8 Å². The van der Waals surface area contributed by atoms with Crippen LogP contribution in [0.4, 0.5) is 13.2 Å². The number of halogens is 3. The number of carbonyl (C=O) groups excluding carboxylic acids is 1. The van der Waals surface area contributed by atoms with Crippen LogP contribution in [-0.4, -0.2) is 49.8 Å². The predicted molar refractivity (Wildman–Crippen MR) is 147 cm³/mol. The fourth-order valence-electron chi connectivity index (χ4n) is 4.60. The van der Waals surface area contributed by atoms with E-state index in [4.69, 9.17) is 10.7 Å². The summed E-state index contributed by atoms with van der Waals surface area (Å²) in [6.07, 6.45) is 3.25. The molecule has 2 heterocycles. The fraction of sp³-hybridized carbons (Fsp3) is 0.333. The van der Waals surface area contributed by atoms with Crippen molar-refractivity contribution in [1.29, 1.82) is 0 Å². The molecule has 0 fully saturated rings. The molecule has 40 heavy (non-hydrogen) atoms. The van der Waals surface area contributed by atoms with E-state index in [1.54, 1.807) is 21.7 Å². The van der Waals surface area contributed by atoms with Crippen molar-refractivity contribution in [3.05, 3.63) is 102 Å². The summed E-state index contributed by atoms with van der Waals surface area (Å²) in [6, 6.07) is 14.4. The monoisotopic (exact) mass is 550 g/mol. The molecule has 0 saturated heterocycles. The maximum absolute atomic E-state index is 14.8. The maximum Gasteiger partial charge on any atom is 0.254 e. The van der Waals surface area contributed by atoms with Crippen molar-refractivity contribution in [3.8, 4) is 11.4 Å². The van der Waals surface area contributed by atoms with Crippen molar-refractivity contribution in [2.45, 2.75) is 45.8 Å². The minimum absolute atomic E-state index is 0.00560. The number of aromatic nitrogens is 4. The molecule has 0 radical (unpaired) electrons. The Morgan fingerprint density at radius 2 is 1.75 bits per heavy atom. The van der Waals surface area contributed by atoms with E-state index < -0.39 is 35.8 Å². The third kappa shape index (κ3) is 6.74. The van der Waals surface area contributed by atoms with Crippen LogP contribution >= 0.6 is 0 Å². The molecule has 2 N–H and O–H groups in total. The first kappa shape index (κ1) is 28.9. The molecule has 2 atom stereocenters. The van der Waals surface area contributed by atoms with Gasteiger partial charge in [0.05, 0.1) is 18.2 Å². The maximum atomic E-state index is 14.8. The second kappa shape index (κ2) is 12.4. The van der Waals surface area contributed by atoms with E-state index in [2.05, 4.69) is 10.1 Å². The van der Waals surface area contributed by atoms with Gasteiger partial charge in [0.1, 0.15) is 18.3 Å². The summed E-state index contributed by atoms with van der Waals surface area (Å²) in [5.41, 5.74) is 6.51. The van der Waals surface area contributed by atoms with Gasteiger partial charge in [-0.15, -0.1) is 0 Å². The second-order valence-electron chi connectivity index (χ2n) is 10.8. The Labute approximate surface area is 231 Å². The number of amides is 1. The SMILES string of the molecule is CC(C)(C)[C@H](c1nc(-c2cc(F)ccc2F)nn1Cc1ccccc1)N(CCC(N)CF)C(=O)c1ccncc1. The number of carbonyl (C=O) groups is 1.